The summed E-state index contributed by atoms with van der Waals surface area (Å²) in [5.41, 5.74) is 1.77. The van der Waals surface area contributed by atoms with Gasteiger partial charge in [-0.2, -0.15) is 0 Å². The Morgan fingerprint density at radius 3 is 2.58 bits per heavy atom. The third-order valence-corrected chi connectivity index (χ3v) is 4.30. The Morgan fingerprint density at radius 1 is 1.26 bits per heavy atom. The van der Waals surface area contributed by atoms with Crippen LogP contribution in [-0.4, -0.2) is 12.1 Å². The molecule has 1 aromatic rings. The van der Waals surface area contributed by atoms with Crippen LogP contribution in [0.1, 0.15) is 54.4 Å². The van der Waals surface area contributed by atoms with Crippen LogP contribution >= 0.6 is 0 Å². The van der Waals surface area contributed by atoms with Crippen molar-refractivity contribution < 1.29 is 9.59 Å². The fourth-order valence-electron chi connectivity index (χ4n) is 3.10. The number of aldehydes is 1. The largest absolute Gasteiger partial charge is 0.303 e. The van der Waals surface area contributed by atoms with Gasteiger partial charge in [-0.25, -0.2) is 0 Å². The summed E-state index contributed by atoms with van der Waals surface area (Å²) < 4.78 is 0. The Balaban J connectivity index is 2.03. The van der Waals surface area contributed by atoms with Crippen LogP contribution < -0.4 is 0 Å². The van der Waals surface area contributed by atoms with E-state index in [0.29, 0.717) is 12.3 Å². The SMILES string of the molecule is Cc1ccccc1C(=O)CC(C=O)C1CCCCC1. The van der Waals surface area contributed by atoms with Crippen LogP contribution in [0.25, 0.3) is 0 Å². The van der Waals surface area contributed by atoms with Gasteiger partial charge in [0.2, 0.25) is 0 Å². The molecule has 0 N–H and O–H groups in total. The van der Waals surface area contributed by atoms with Gasteiger partial charge in [-0.05, 0) is 31.2 Å². The molecule has 1 aromatic carbocycles. The van der Waals surface area contributed by atoms with E-state index >= 15 is 0 Å². The van der Waals surface area contributed by atoms with E-state index in [9.17, 15) is 9.59 Å². The zero-order chi connectivity index (χ0) is 13.7. The summed E-state index contributed by atoms with van der Waals surface area (Å²) in [6.07, 6.45) is 7.26. The van der Waals surface area contributed by atoms with Crippen LogP contribution in [-0.2, 0) is 4.79 Å². The van der Waals surface area contributed by atoms with E-state index in [2.05, 4.69) is 0 Å². The highest BCUT2D eigenvalue weighted by molar-refractivity contribution is 5.98. The quantitative estimate of drug-likeness (QED) is 0.591. The van der Waals surface area contributed by atoms with Crippen molar-refractivity contribution in [1.82, 2.24) is 0 Å². The lowest BCUT2D eigenvalue weighted by Gasteiger charge is -2.26. The molecule has 1 fully saturated rings. The van der Waals surface area contributed by atoms with Gasteiger partial charge in [0.1, 0.15) is 6.29 Å². The van der Waals surface area contributed by atoms with Crippen molar-refractivity contribution in [1.29, 1.82) is 0 Å². The first-order valence-corrected chi connectivity index (χ1v) is 7.26. The first kappa shape index (κ1) is 14.0. The highest BCUT2D eigenvalue weighted by atomic mass is 16.1. The van der Waals surface area contributed by atoms with E-state index in [1.807, 2.05) is 31.2 Å². The molecule has 1 aliphatic rings. The molecule has 1 unspecified atom stereocenters. The van der Waals surface area contributed by atoms with Crippen LogP contribution in [0.3, 0.4) is 0 Å². The van der Waals surface area contributed by atoms with Gasteiger partial charge in [-0.1, -0.05) is 43.5 Å². The molecule has 0 saturated heterocycles. The molecule has 1 atom stereocenters. The fourth-order valence-corrected chi connectivity index (χ4v) is 3.10. The lowest BCUT2D eigenvalue weighted by molar-refractivity contribution is -0.112. The predicted molar refractivity (Wildman–Crippen MR) is 76.3 cm³/mol. The topological polar surface area (TPSA) is 34.1 Å². The van der Waals surface area contributed by atoms with Crippen LogP contribution in [0.4, 0.5) is 0 Å². The van der Waals surface area contributed by atoms with E-state index < -0.39 is 0 Å². The molecular formula is C17H22O2. The second-order valence-electron chi connectivity index (χ2n) is 5.64. The summed E-state index contributed by atoms with van der Waals surface area (Å²) >= 11 is 0. The van der Waals surface area contributed by atoms with Gasteiger partial charge in [-0.3, -0.25) is 4.79 Å². The Bertz CT molecular complexity index is 444. The van der Waals surface area contributed by atoms with Gasteiger partial charge >= 0.3 is 0 Å². The molecule has 0 spiro atoms. The van der Waals surface area contributed by atoms with Crippen molar-refractivity contribution in [3.05, 3.63) is 35.4 Å². The van der Waals surface area contributed by atoms with Crippen molar-refractivity contribution in [2.45, 2.75) is 45.4 Å². The summed E-state index contributed by atoms with van der Waals surface area (Å²) in [6.45, 7) is 1.95. The Morgan fingerprint density at radius 2 is 1.95 bits per heavy atom. The third kappa shape index (κ3) is 3.52. The highest BCUT2D eigenvalue weighted by Crippen LogP contribution is 2.31. The van der Waals surface area contributed by atoms with E-state index in [1.165, 1.54) is 19.3 Å². The van der Waals surface area contributed by atoms with Gasteiger partial charge < -0.3 is 4.79 Å². The molecule has 0 heterocycles. The lowest BCUT2D eigenvalue weighted by Crippen LogP contribution is -2.22. The molecule has 0 aromatic heterocycles. The molecular weight excluding hydrogens is 236 g/mol. The van der Waals surface area contributed by atoms with Crippen LogP contribution in [0.2, 0.25) is 0 Å². The molecule has 1 aliphatic carbocycles. The minimum absolute atomic E-state index is 0.0904. The molecule has 0 bridgehead atoms. The fraction of sp³-hybridized carbons (Fsp3) is 0.529. The molecule has 19 heavy (non-hydrogen) atoms. The molecule has 2 nitrogen and oxygen atoms in total. The van der Waals surface area contributed by atoms with E-state index in [0.717, 1.165) is 30.3 Å². The Kier molecular flexibility index (Phi) is 4.89. The summed E-state index contributed by atoms with van der Waals surface area (Å²) in [5.74, 6) is 0.437. The van der Waals surface area contributed by atoms with Gasteiger partial charge in [0, 0.05) is 17.9 Å². The van der Waals surface area contributed by atoms with Crippen molar-refractivity contribution in [3.63, 3.8) is 0 Å². The lowest BCUT2D eigenvalue weighted by atomic mass is 9.78. The van der Waals surface area contributed by atoms with Crippen LogP contribution in [0.5, 0.6) is 0 Å². The number of hydrogen-bond acceptors (Lipinski definition) is 2. The zero-order valence-electron chi connectivity index (χ0n) is 11.6. The van der Waals surface area contributed by atoms with Crippen molar-refractivity contribution in [2.24, 2.45) is 11.8 Å². The first-order valence-electron chi connectivity index (χ1n) is 7.26. The van der Waals surface area contributed by atoms with E-state index in [-0.39, 0.29) is 11.7 Å². The molecule has 0 radical (unpaired) electrons. The molecule has 2 rings (SSSR count). The predicted octanol–water partition coefficient (Wildman–Crippen LogP) is 3.96. The van der Waals surface area contributed by atoms with Crippen molar-refractivity contribution in [2.75, 3.05) is 0 Å². The number of carbonyl (C=O) groups excluding carboxylic acids is 2. The van der Waals surface area contributed by atoms with Gasteiger partial charge in [-0.15, -0.1) is 0 Å². The van der Waals surface area contributed by atoms with Gasteiger partial charge in [0.15, 0.2) is 5.78 Å². The third-order valence-electron chi connectivity index (χ3n) is 4.30. The van der Waals surface area contributed by atoms with Crippen LogP contribution in [0, 0.1) is 18.8 Å². The number of ketones is 1. The maximum absolute atomic E-state index is 12.3. The van der Waals surface area contributed by atoms with Gasteiger partial charge in [0.05, 0.1) is 0 Å². The second kappa shape index (κ2) is 6.65. The maximum Gasteiger partial charge on any atom is 0.163 e. The minimum Gasteiger partial charge on any atom is -0.303 e. The van der Waals surface area contributed by atoms with Crippen LogP contribution in [0.15, 0.2) is 24.3 Å². The number of aryl methyl sites for hydroxylation is 1. The summed E-state index contributed by atoms with van der Waals surface area (Å²) in [5, 5.41) is 0. The maximum atomic E-state index is 12.3. The summed E-state index contributed by atoms with van der Waals surface area (Å²) in [4.78, 5) is 23.6. The highest BCUT2D eigenvalue weighted by Gasteiger charge is 2.26. The average Bonchev–Trinajstić information content (AvgIpc) is 2.46. The Labute approximate surface area is 115 Å². The normalized spacial score (nSPS) is 17.9. The number of carbonyl (C=O) groups is 2. The molecule has 0 aliphatic heterocycles. The summed E-state index contributed by atoms with van der Waals surface area (Å²) in [6, 6.07) is 7.63. The smallest absolute Gasteiger partial charge is 0.163 e. The van der Waals surface area contributed by atoms with E-state index in [1.54, 1.807) is 0 Å². The monoisotopic (exact) mass is 258 g/mol. The average molecular weight is 258 g/mol. The van der Waals surface area contributed by atoms with Crippen molar-refractivity contribution in [3.8, 4) is 0 Å². The summed E-state index contributed by atoms with van der Waals surface area (Å²) in [7, 11) is 0. The van der Waals surface area contributed by atoms with Gasteiger partial charge in [0.25, 0.3) is 0 Å². The number of Topliss-reactive ketones (excluding diaryl/α,β-unsaturated/α-hetero) is 1. The number of benzene rings is 1. The zero-order valence-corrected chi connectivity index (χ0v) is 11.6. The number of hydrogen-bond donors (Lipinski definition) is 0. The minimum atomic E-state index is -0.0904. The molecule has 2 heteroatoms. The second-order valence-corrected chi connectivity index (χ2v) is 5.64. The van der Waals surface area contributed by atoms with E-state index in [4.69, 9.17) is 0 Å². The Hall–Kier alpha value is -1.44. The number of rotatable bonds is 5. The molecule has 0 amide bonds. The first-order chi connectivity index (χ1) is 9.22. The van der Waals surface area contributed by atoms with Crippen molar-refractivity contribution >= 4 is 12.1 Å². The molecule has 1 saturated carbocycles. The standard InChI is InChI=1S/C17H22O2/c1-13-7-5-6-10-16(13)17(19)11-15(12-18)14-8-3-2-4-9-14/h5-7,10,12,14-15H,2-4,8-9,11H2,1H3. The molecule has 102 valence electrons.